The van der Waals surface area contributed by atoms with Gasteiger partial charge in [-0.15, -0.1) is 0 Å². The molecule has 1 atom stereocenters. The number of nitrogens with one attached hydrogen (secondary N) is 1. The molecule has 2 aromatic carbocycles. The fraction of sp³-hybridized carbons (Fsp3) is 0.552. The van der Waals surface area contributed by atoms with Gasteiger partial charge in [0.25, 0.3) is 0 Å². The number of fused-ring (bicyclic) bond motifs is 2. The van der Waals surface area contributed by atoms with Crippen LogP contribution in [0.4, 0.5) is 5.69 Å². The zero-order chi connectivity index (χ0) is 29.3. The van der Waals surface area contributed by atoms with E-state index in [9.17, 15) is 21.6 Å². The Kier molecular flexibility index (Phi) is 8.77. The van der Waals surface area contributed by atoms with Crippen molar-refractivity contribution < 1.29 is 26.4 Å². The summed E-state index contributed by atoms with van der Waals surface area (Å²) in [5.74, 6) is -0.310. The summed E-state index contributed by atoms with van der Waals surface area (Å²) in [4.78, 5) is 17.6. The summed E-state index contributed by atoms with van der Waals surface area (Å²) >= 11 is 0. The molecule has 1 spiro atoms. The van der Waals surface area contributed by atoms with Crippen molar-refractivity contribution >= 4 is 31.6 Å². The zero-order valence-electron chi connectivity index (χ0n) is 23.7. The second-order valence-electron chi connectivity index (χ2n) is 11.6. The van der Waals surface area contributed by atoms with Crippen molar-refractivity contribution in [2.24, 2.45) is 0 Å². The summed E-state index contributed by atoms with van der Waals surface area (Å²) < 4.78 is 61.9. The fourth-order valence-electron chi connectivity index (χ4n) is 6.30. The lowest BCUT2D eigenvalue weighted by Gasteiger charge is -2.41. The van der Waals surface area contributed by atoms with E-state index in [2.05, 4.69) is 9.62 Å². The minimum atomic E-state index is -3.75. The number of likely N-dealkylation sites (tertiary alicyclic amines) is 2. The molecule has 0 aliphatic carbocycles. The van der Waals surface area contributed by atoms with Crippen LogP contribution in [0.5, 0.6) is 0 Å². The first-order chi connectivity index (χ1) is 19.5. The minimum absolute atomic E-state index is 0.0775. The summed E-state index contributed by atoms with van der Waals surface area (Å²) in [6.07, 6.45) is 3.42. The number of para-hydroxylation sites is 1. The number of nitrogens with zero attached hydrogens (tertiary/aromatic N) is 3. The van der Waals surface area contributed by atoms with Crippen LogP contribution in [-0.4, -0.2) is 96.5 Å². The molecule has 3 aliphatic heterocycles. The van der Waals surface area contributed by atoms with Crippen molar-refractivity contribution in [2.75, 3.05) is 56.9 Å². The van der Waals surface area contributed by atoms with E-state index in [-0.39, 0.29) is 24.5 Å². The highest BCUT2D eigenvalue weighted by atomic mass is 32.2. The molecule has 2 fully saturated rings. The lowest BCUT2D eigenvalue weighted by Crippen LogP contribution is -2.56. The van der Waals surface area contributed by atoms with Crippen LogP contribution in [0.15, 0.2) is 54.6 Å². The average Bonchev–Trinajstić information content (AvgIpc) is 3.28. The number of rotatable bonds is 9. The first kappa shape index (κ1) is 30.0. The normalized spacial score (nSPS) is 20.7. The second-order valence-corrected chi connectivity index (χ2v) is 15.5. The number of sulfonamides is 2. The summed E-state index contributed by atoms with van der Waals surface area (Å²) in [6.45, 7) is 2.71. The van der Waals surface area contributed by atoms with E-state index in [0.29, 0.717) is 64.1 Å². The topological polar surface area (TPSA) is 116 Å². The van der Waals surface area contributed by atoms with Crippen molar-refractivity contribution in [2.45, 2.75) is 49.0 Å². The van der Waals surface area contributed by atoms with E-state index in [1.165, 1.54) is 10.6 Å². The van der Waals surface area contributed by atoms with Crippen molar-refractivity contribution in [1.29, 1.82) is 0 Å². The molecule has 0 aromatic heterocycles. The van der Waals surface area contributed by atoms with Crippen LogP contribution in [0.25, 0.3) is 0 Å². The highest BCUT2D eigenvalue weighted by molar-refractivity contribution is 7.92. The molecule has 1 amide bonds. The van der Waals surface area contributed by atoms with E-state index in [1.807, 2.05) is 61.6 Å². The Morgan fingerprint density at radius 3 is 2.27 bits per heavy atom. The number of anilines is 1. The third-order valence-electron chi connectivity index (χ3n) is 8.73. The maximum absolute atomic E-state index is 13.8. The Hall–Kier alpha value is -2.51. The van der Waals surface area contributed by atoms with Crippen molar-refractivity contribution in [1.82, 2.24) is 14.5 Å². The first-order valence-electron chi connectivity index (χ1n) is 14.2. The Labute approximate surface area is 243 Å². The van der Waals surface area contributed by atoms with Gasteiger partial charge < -0.3 is 14.5 Å². The molecule has 2 saturated heterocycles. The van der Waals surface area contributed by atoms with Gasteiger partial charge in [-0.25, -0.2) is 21.6 Å². The van der Waals surface area contributed by atoms with Crippen molar-refractivity contribution in [3.63, 3.8) is 0 Å². The van der Waals surface area contributed by atoms with Gasteiger partial charge in [0.2, 0.25) is 26.0 Å². The minimum Gasteiger partial charge on any atom is -0.375 e. The van der Waals surface area contributed by atoms with Gasteiger partial charge in [-0.3, -0.25) is 9.10 Å². The third kappa shape index (κ3) is 6.61. The SMILES string of the molecule is CN1CCC(S(=O)(=O)N[C@@H](COCc2ccccc2)C(=O)N2CCC3(CC2)CN(S(C)(=O)=O)c2ccccc23)CC1. The number of hydrogen-bond donors (Lipinski definition) is 1. The number of ether oxygens (including phenoxy) is 1. The van der Waals surface area contributed by atoms with Crippen LogP contribution >= 0.6 is 0 Å². The second kappa shape index (κ2) is 12.0. The predicted octanol–water partition coefficient (Wildman–Crippen LogP) is 1.93. The molecule has 41 heavy (non-hydrogen) atoms. The van der Waals surface area contributed by atoms with Crippen LogP contribution in [0.1, 0.15) is 36.8 Å². The molecule has 0 saturated carbocycles. The molecular weight excluding hydrogens is 564 g/mol. The van der Waals surface area contributed by atoms with Gasteiger partial charge in [-0.1, -0.05) is 48.5 Å². The Morgan fingerprint density at radius 2 is 1.61 bits per heavy atom. The maximum atomic E-state index is 13.8. The Balaban J connectivity index is 1.30. The molecule has 2 aromatic rings. The molecule has 10 nitrogen and oxygen atoms in total. The number of carbonyl (C=O) groups excluding carboxylic acids is 1. The summed E-state index contributed by atoms with van der Waals surface area (Å²) in [6, 6.07) is 16.1. The van der Waals surface area contributed by atoms with Crippen LogP contribution < -0.4 is 9.03 Å². The lowest BCUT2D eigenvalue weighted by atomic mass is 9.74. The molecular formula is C29H40N4O6S2. The maximum Gasteiger partial charge on any atom is 0.243 e. The average molecular weight is 605 g/mol. The number of carbonyl (C=O) groups is 1. The zero-order valence-corrected chi connectivity index (χ0v) is 25.4. The van der Waals surface area contributed by atoms with Crippen LogP contribution in [0.2, 0.25) is 0 Å². The molecule has 3 heterocycles. The molecule has 224 valence electrons. The van der Waals surface area contributed by atoms with Crippen LogP contribution in [0.3, 0.4) is 0 Å². The van der Waals surface area contributed by atoms with E-state index in [4.69, 9.17) is 4.74 Å². The van der Waals surface area contributed by atoms with Gasteiger partial charge in [0, 0.05) is 25.0 Å². The predicted molar refractivity (Wildman–Crippen MR) is 159 cm³/mol. The van der Waals surface area contributed by atoms with Gasteiger partial charge in [-0.2, -0.15) is 0 Å². The van der Waals surface area contributed by atoms with Gasteiger partial charge in [0.1, 0.15) is 6.04 Å². The molecule has 12 heteroatoms. The molecule has 0 unspecified atom stereocenters. The van der Waals surface area contributed by atoms with Gasteiger partial charge >= 0.3 is 0 Å². The first-order valence-corrected chi connectivity index (χ1v) is 17.6. The molecule has 1 N–H and O–H groups in total. The van der Waals surface area contributed by atoms with E-state index >= 15 is 0 Å². The number of amides is 1. The summed E-state index contributed by atoms with van der Waals surface area (Å²) in [7, 11) is -5.22. The van der Waals surface area contributed by atoms with Gasteiger partial charge in [0.05, 0.1) is 30.4 Å². The van der Waals surface area contributed by atoms with Crippen molar-refractivity contribution in [3.8, 4) is 0 Å². The summed E-state index contributed by atoms with van der Waals surface area (Å²) in [5, 5.41) is -0.551. The van der Waals surface area contributed by atoms with E-state index in [1.54, 1.807) is 4.90 Å². The largest absolute Gasteiger partial charge is 0.375 e. The summed E-state index contributed by atoms with van der Waals surface area (Å²) in [5.41, 5.74) is 2.24. The highest BCUT2D eigenvalue weighted by Gasteiger charge is 2.48. The number of benzene rings is 2. The van der Waals surface area contributed by atoms with Gasteiger partial charge in [0.15, 0.2) is 0 Å². The van der Waals surface area contributed by atoms with Crippen LogP contribution in [0, 0.1) is 0 Å². The smallest absolute Gasteiger partial charge is 0.243 e. The molecule has 0 bridgehead atoms. The van der Waals surface area contributed by atoms with E-state index < -0.39 is 31.3 Å². The van der Waals surface area contributed by atoms with Crippen molar-refractivity contribution in [3.05, 3.63) is 65.7 Å². The third-order valence-corrected chi connectivity index (χ3v) is 11.8. The standard InChI is InChI=1S/C29H40N4O6S2/c1-31-16-12-24(13-17-31)41(37,38)30-26(21-39-20-23-8-4-3-5-9-23)28(34)32-18-14-29(15-19-32)22-33(40(2,35)36)27-11-7-6-10-25(27)29/h3-11,24,26,30H,12-22H2,1-2H3/t26-/m0/s1. The quantitative estimate of drug-likeness (QED) is 0.465. The Bertz CT molecular complexity index is 1430. The van der Waals surface area contributed by atoms with Crippen LogP contribution in [-0.2, 0) is 41.6 Å². The Morgan fingerprint density at radius 1 is 0.976 bits per heavy atom. The highest BCUT2D eigenvalue weighted by Crippen LogP contribution is 2.47. The molecule has 3 aliphatic rings. The van der Waals surface area contributed by atoms with Gasteiger partial charge in [-0.05, 0) is 63.0 Å². The fourth-order valence-corrected chi connectivity index (χ4v) is 8.89. The molecule has 5 rings (SSSR count). The van der Waals surface area contributed by atoms with E-state index in [0.717, 1.165) is 11.1 Å². The monoisotopic (exact) mass is 604 g/mol. The number of piperidine rings is 2. The lowest BCUT2D eigenvalue weighted by molar-refractivity contribution is -0.136. The number of hydrogen-bond acceptors (Lipinski definition) is 7. The molecule has 0 radical (unpaired) electrons.